The van der Waals surface area contributed by atoms with Gasteiger partial charge in [0.1, 0.15) is 11.2 Å². The van der Waals surface area contributed by atoms with Crippen LogP contribution >= 0.6 is 0 Å². The summed E-state index contributed by atoms with van der Waals surface area (Å²) in [6.45, 7) is 0. The van der Waals surface area contributed by atoms with Gasteiger partial charge in [-0.25, -0.2) is 0 Å². The van der Waals surface area contributed by atoms with Crippen molar-refractivity contribution in [2.45, 2.75) is 0 Å². The predicted octanol–water partition coefficient (Wildman–Crippen LogP) is 15.5. The predicted molar refractivity (Wildman–Crippen MR) is 237 cm³/mol. The van der Waals surface area contributed by atoms with Crippen molar-refractivity contribution in [1.82, 2.24) is 0 Å². The maximum atomic E-state index is 6.13. The van der Waals surface area contributed by atoms with Crippen LogP contribution in [0.1, 0.15) is 0 Å². The third kappa shape index (κ3) is 5.42. The summed E-state index contributed by atoms with van der Waals surface area (Å²) in [4.78, 5) is 2.39. The lowest BCUT2D eigenvalue weighted by Crippen LogP contribution is -2.10. The summed E-state index contributed by atoms with van der Waals surface area (Å²) in [5, 5.41) is 9.75. The molecule has 0 amide bonds. The van der Waals surface area contributed by atoms with Crippen LogP contribution in [-0.4, -0.2) is 0 Å². The van der Waals surface area contributed by atoms with Gasteiger partial charge in [0, 0.05) is 27.5 Å². The van der Waals surface area contributed by atoms with E-state index in [1.807, 2.05) is 12.1 Å². The molecule has 2 nitrogen and oxygen atoms in total. The highest BCUT2D eigenvalue weighted by atomic mass is 16.3. The van der Waals surface area contributed by atoms with E-state index in [-0.39, 0.29) is 0 Å². The SMILES string of the molecule is c1ccc(-c2ccc(N(c3ccc(-c4ccc5oc6ccccc6c5c4)cc3)c3ccc(-c4ccc5c(ccc6ccccc65)c4)c4ccccc34)cc2)cc1. The number of rotatable bonds is 6. The van der Waals surface area contributed by atoms with Crippen molar-refractivity contribution >= 4 is 71.3 Å². The standard InChI is InChI=1S/C54H35NO/c1-2-10-36(11-3-1)37-20-26-43(27-21-37)55(44-28-22-38(23-29-44)40-25-33-54-51(35-40)50-16-8-9-17-53(50)56-54)52-32-31-47(48-14-6-7-15-49(48)52)42-24-30-46-41(34-42)19-18-39-12-4-5-13-45(39)46/h1-35H. The van der Waals surface area contributed by atoms with Gasteiger partial charge in [-0.15, -0.1) is 0 Å². The Bertz CT molecular complexity index is 3230. The third-order valence-electron chi connectivity index (χ3n) is 11.3. The second-order valence-corrected chi connectivity index (χ2v) is 14.5. The molecule has 0 aliphatic carbocycles. The molecule has 0 radical (unpaired) electrons. The number of benzene rings is 10. The van der Waals surface area contributed by atoms with Gasteiger partial charge in [-0.3, -0.25) is 0 Å². The molecule has 0 spiro atoms. The largest absolute Gasteiger partial charge is 0.456 e. The molecule has 2 heteroatoms. The van der Waals surface area contributed by atoms with Crippen LogP contribution in [0.3, 0.4) is 0 Å². The van der Waals surface area contributed by atoms with Gasteiger partial charge in [0.05, 0.1) is 5.69 Å². The van der Waals surface area contributed by atoms with Crippen LogP contribution in [0.4, 0.5) is 17.1 Å². The number of hydrogen-bond acceptors (Lipinski definition) is 2. The van der Waals surface area contributed by atoms with Gasteiger partial charge >= 0.3 is 0 Å². The van der Waals surface area contributed by atoms with Crippen molar-refractivity contribution < 1.29 is 4.42 Å². The fraction of sp³-hybridized carbons (Fsp3) is 0. The Kier molecular flexibility index (Phi) is 7.53. The first kappa shape index (κ1) is 32.0. The summed E-state index contributed by atoms with van der Waals surface area (Å²) in [5.41, 5.74) is 12.3. The summed E-state index contributed by atoms with van der Waals surface area (Å²) < 4.78 is 6.13. The Morgan fingerprint density at radius 1 is 0.286 bits per heavy atom. The highest BCUT2D eigenvalue weighted by molar-refractivity contribution is 6.11. The van der Waals surface area contributed by atoms with E-state index in [2.05, 4.69) is 205 Å². The monoisotopic (exact) mass is 713 g/mol. The molecule has 0 aliphatic rings. The van der Waals surface area contributed by atoms with Gasteiger partial charge in [-0.1, -0.05) is 158 Å². The van der Waals surface area contributed by atoms with Crippen LogP contribution in [0.2, 0.25) is 0 Å². The molecular weight excluding hydrogens is 679 g/mol. The average molecular weight is 714 g/mol. The molecule has 11 aromatic rings. The van der Waals surface area contributed by atoms with E-state index in [4.69, 9.17) is 4.42 Å². The first-order valence-electron chi connectivity index (χ1n) is 19.2. The summed E-state index contributed by atoms with van der Waals surface area (Å²) in [6.07, 6.45) is 0. The number of para-hydroxylation sites is 1. The fourth-order valence-electron chi connectivity index (χ4n) is 8.48. The fourth-order valence-corrected chi connectivity index (χ4v) is 8.48. The minimum absolute atomic E-state index is 0.907. The number of anilines is 3. The summed E-state index contributed by atoms with van der Waals surface area (Å²) >= 11 is 0. The normalized spacial score (nSPS) is 11.6. The van der Waals surface area contributed by atoms with Gasteiger partial charge in [0.2, 0.25) is 0 Å². The average Bonchev–Trinajstić information content (AvgIpc) is 3.65. The quantitative estimate of drug-likeness (QED) is 0.160. The Morgan fingerprint density at radius 3 is 1.62 bits per heavy atom. The van der Waals surface area contributed by atoms with Gasteiger partial charge in [-0.2, -0.15) is 0 Å². The minimum Gasteiger partial charge on any atom is -0.456 e. The lowest BCUT2D eigenvalue weighted by Gasteiger charge is -2.28. The maximum absolute atomic E-state index is 6.13. The molecular formula is C54H35NO. The van der Waals surface area contributed by atoms with Crippen LogP contribution in [0.25, 0.3) is 87.6 Å². The summed E-state index contributed by atoms with van der Waals surface area (Å²) in [5.74, 6) is 0. The molecule has 0 N–H and O–H groups in total. The van der Waals surface area contributed by atoms with Crippen molar-refractivity contribution in [3.05, 3.63) is 212 Å². The van der Waals surface area contributed by atoms with Gasteiger partial charge in [0.15, 0.2) is 0 Å². The molecule has 56 heavy (non-hydrogen) atoms. The van der Waals surface area contributed by atoms with Crippen molar-refractivity contribution in [1.29, 1.82) is 0 Å². The topological polar surface area (TPSA) is 16.4 Å². The minimum atomic E-state index is 0.907. The van der Waals surface area contributed by atoms with E-state index in [1.54, 1.807) is 0 Å². The van der Waals surface area contributed by atoms with E-state index in [1.165, 1.54) is 54.6 Å². The Hall–Kier alpha value is -7.42. The van der Waals surface area contributed by atoms with Crippen molar-refractivity contribution in [3.63, 3.8) is 0 Å². The smallest absolute Gasteiger partial charge is 0.135 e. The number of nitrogens with zero attached hydrogens (tertiary/aromatic N) is 1. The summed E-state index contributed by atoms with van der Waals surface area (Å²) in [7, 11) is 0. The van der Waals surface area contributed by atoms with Gasteiger partial charge < -0.3 is 9.32 Å². The zero-order valence-corrected chi connectivity index (χ0v) is 30.6. The molecule has 11 rings (SSSR count). The van der Waals surface area contributed by atoms with E-state index in [0.29, 0.717) is 0 Å². The molecule has 1 aromatic heterocycles. The van der Waals surface area contributed by atoms with Crippen LogP contribution in [0.15, 0.2) is 217 Å². The molecule has 10 aromatic carbocycles. The molecule has 0 bridgehead atoms. The number of hydrogen-bond donors (Lipinski definition) is 0. The highest BCUT2D eigenvalue weighted by Gasteiger charge is 2.18. The zero-order chi connectivity index (χ0) is 37.0. The molecule has 0 atom stereocenters. The van der Waals surface area contributed by atoms with Crippen LogP contribution in [0.5, 0.6) is 0 Å². The Labute approximate surface area is 325 Å². The number of furan rings is 1. The van der Waals surface area contributed by atoms with Gasteiger partial charge in [-0.05, 0) is 115 Å². The number of fused-ring (bicyclic) bond motifs is 7. The molecule has 0 saturated heterocycles. The Morgan fingerprint density at radius 2 is 0.839 bits per heavy atom. The van der Waals surface area contributed by atoms with E-state index in [0.717, 1.165) is 50.1 Å². The molecule has 262 valence electrons. The molecule has 0 fully saturated rings. The summed E-state index contributed by atoms with van der Waals surface area (Å²) in [6, 6.07) is 76.6. The van der Waals surface area contributed by atoms with E-state index < -0.39 is 0 Å². The van der Waals surface area contributed by atoms with Crippen LogP contribution in [0, 0.1) is 0 Å². The first-order chi connectivity index (χ1) is 27.7. The Balaban J connectivity index is 1.04. The lowest BCUT2D eigenvalue weighted by molar-refractivity contribution is 0.669. The van der Waals surface area contributed by atoms with Crippen molar-refractivity contribution in [2.75, 3.05) is 4.90 Å². The molecule has 0 aliphatic heterocycles. The third-order valence-corrected chi connectivity index (χ3v) is 11.3. The second-order valence-electron chi connectivity index (χ2n) is 14.5. The van der Waals surface area contributed by atoms with Crippen molar-refractivity contribution in [3.8, 4) is 33.4 Å². The van der Waals surface area contributed by atoms with Crippen molar-refractivity contribution in [2.24, 2.45) is 0 Å². The van der Waals surface area contributed by atoms with Crippen LogP contribution in [-0.2, 0) is 0 Å². The zero-order valence-electron chi connectivity index (χ0n) is 30.6. The first-order valence-corrected chi connectivity index (χ1v) is 19.2. The molecule has 0 unspecified atom stereocenters. The maximum Gasteiger partial charge on any atom is 0.135 e. The molecule has 1 heterocycles. The van der Waals surface area contributed by atoms with Gasteiger partial charge in [0.25, 0.3) is 0 Å². The van der Waals surface area contributed by atoms with E-state index >= 15 is 0 Å². The highest BCUT2D eigenvalue weighted by Crippen LogP contribution is 2.44. The van der Waals surface area contributed by atoms with Crippen LogP contribution < -0.4 is 4.90 Å². The lowest BCUT2D eigenvalue weighted by atomic mass is 9.93. The van der Waals surface area contributed by atoms with E-state index in [9.17, 15) is 0 Å². The molecule has 0 saturated carbocycles. The second kappa shape index (κ2) is 13.2.